The van der Waals surface area contributed by atoms with Crippen molar-refractivity contribution in [3.8, 4) is 11.5 Å². The quantitative estimate of drug-likeness (QED) is 0.833. The third-order valence-electron chi connectivity index (χ3n) is 2.74. The van der Waals surface area contributed by atoms with Crippen LogP contribution in [-0.2, 0) is 4.79 Å². The van der Waals surface area contributed by atoms with Crippen molar-refractivity contribution < 1.29 is 14.3 Å². The summed E-state index contributed by atoms with van der Waals surface area (Å²) >= 11 is 0. The van der Waals surface area contributed by atoms with Crippen molar-refractivity contribution in [1.29, 1.82) is 0 Å². The molecule has 18 heavy (non-hydrogen) atoms. The van der Waals surface area contributed by atoms with Gasteiger partial charge in [0.2, 0.25) is 5.91 Å². The molecule has 1 atom stereocenters. The molecular formula is C14H17NO3. The molecule has 4 heteroatoms. The normalized spacial score (nSPS) is 15.4. The lowest BCUT2D eigenvalue weighted by atomic mass is 10.1. The van der Waals surface area contributed by atoms with Gasteiger partial charge in [-0.3, -0.25) is 4.79 Å². The molecule has 0 aliphatic carbocycles. The SMILES string of the molecule is C/C=C\C(=O)N[C@H](C)c1ccc2c(c1)OCCO2. The number of amides is 1. The van der Waals surface area contributed by atoms with Crippen molar-refractivity contribution in [2.45, 2.75) is 19.9 Å². The number of ether oxygens (including phenoxy) is 2. The van der Waals surface area contributed by atoms with E-state index in [2.05, 4.69) is 5.32 Å². The van der Waals surface area contributed by atoms with Gasteiger partial charge in [-0.2, -0.15) is 0 Å². The number of hydrogen-bond acceptors (Lipinski definition) is 3. The minimum absolute atomic E-state index is 0.0653. The predicted octanol–water partition coefficient (Wildman–Crippen LogP) is 2.21. The number of benzene rings is 1. The maximum Gasteiger partial charge on any atom is 0.244 e. The summed E-state index contributed by atoms with van der Waals surface area (Å²) in [6.45, 7) is 4.90. The van der Waals surface area contributed by atoms with Crippen LogP contribution >= 0.6 is 0 Å². The first-order chi connectivity index (χ1) is 8.70. The maximum absolute atomic E-state index is 11.5. The first-order valence-electron chi connectivity index (χ1n) is 6.03. The van der Waals surface area contributed by atoms with E-state index < -0.39 is 0 Å². The lowest BCUT2D eigenvalue weighted by molar-refractivity contribution is -0.117. The van der Waals surface area contributed by atoms with Crippen molar-refractivity contribution >= 4 is 5.91 Å². The van der Waals surface area contributed by atoms with Gasteiger partial charge < -0.3 is 14.8 Å². The van der Waals surface area contributed by atoms with Gasteiger partial charge >= 0.3 is 0 Å². The van der Waals surface area contributed by atoms with E-state index in [-0.39, 0.29) is 11.9 Å². The predicted molar refractivity (Wildman–Crippen MR) is 68.8 cm³/mol. The van der Waals surface area contributed by atoms with Gasteiger partial charge in [-0.1, -0.05) is 12.1 Å². The standard InChI is InChI=1S/C14H17NO3/c1-3-4-14(16)15-10(2)11-5-6-12-13(9-11)18-8-7-17-12/h3-6,9-10H,7-8H2,1-2H3,(H,15,16)/b4-3-/t10-/m1/s1. The molecule has 1 aromatic carbocycles. The Bertz CT molecular complexity index is 468. The average Bonchev–Trinajstić information content (AvgIpc) is 2.38. The van der Waals surface area contributed by atoms with Crippen LogP contribution in [0.1, 0.15) is 25.5 Å². The van der Waals surface area contributed by atoms with Crippen molar-refractivity contribution in [3.63, 3.8) is 0 Å². The number of rotatable bonds is 3. The van der Waals surface area contributed by atoms with E-state index in [0.717, 1.165) is 17.1 Å². The minimum atomic E-state index is -0.0973. The molecule has 2 rings (SSSR count). The third kappa shape index (κ3) is 2.83. The summed E-state index contributed by atoms with van der Waals surface area (Å²) in [5.74, 6) is 1.41. The average molecular weight is 247 g/mol. The molecule has 96 valence electrons. The first kappa shape index (κ1) is 12.5. The molecule has 0 spiro atoms. The summed E-state index contributed by atoms with van der Waals surface area (Å²) in [4.78, 5) is 11.5. The van der Waals surface area contributed by atoms with Crippen LogP contribution in [0.5, 0.6) is 11.5 Å². The van der Waals surface area contributed by atoms with Crippen molar-refractivity contribution in [3.05, 3.63) is 35.9 Å². The Labute approximate surface area is 107 Å². The Morgan fingerprint density at radius 1 is 1.33 bits per heavy atom. The zero-order chi connectivity index (χ0) is 13.0. The summed E-state index contributed by atoms with van der Waals surface area (Å²) < 4.78 is 11.0. The molecule has 4 nitrogen and oxygen atoms in total. The Morgan fingerprint density at radius 2 is 2.06 bits per heavy atom. The van der Waals surface area contributed by atoms with Crippen molar-refractivity contribution in [2.24, 2.45) is 0 Å². The molecule has 1 N–H and O–H groups in total. The molecule has 0 radical (unpaired) electrons. The van der Waals surface area contributed by atoms with Crippen LogP contribution < -0.4 is 14.8 Å². The number of fused-ring (bicyclic) bond motifs is 1. The zero-order valence-electron chi connectivity index (χ0n) is 10.6. The molecule has 1 aliphatic rings. The Morgan fingerprint density at radius 3 is 2.78 bits per heavy atom. The van der Waals surface area contributed by atoms with Gasteiger partial charge in [0.05, 0.1) is 6.04 Å². The van der Waals surface area contributed by atoms with Crippen LogP contribution in [0.15, 0.2) is 30.4 Å². The molecular weight excluding hydrogens is 230 g/mol. The van der Waals surface area contributed by atoms with Crippen LogP contribution in [0, 0.1) is 0 Å². The van der Waals surface area contributed by atoms with Gasteiger partial charge in [0.25, 0.3) is 0 Å². The van der Waals surface area contributed by atoms with Gasteiger partial charge in [0.15, 0.2) is 11.5 Å². The molecule has 1 aliphatic heterocycles. The fourth-order valence-corrected chi connectivity index (χ4v) is 1.83. The van der Waals surface area contributed by atoms with Crippen LogP contribution in [0.4, 0.5) is 0 Å². The lowest BCUT2D eigenvalue weighted by Crippen LogP contribution is -2.25. The van der Waals surface area contributed by atoms with E-state index in [4.69, 9.17) is 9.47 Å². The molecule has 1 heterocycles. The molecule has 0 saturated carbocycles. The number of hydrogen-bond donors (Lipinski definition) is 1. The number of nitrogens with one attached hydrogen (secondary N) is 1. The van der Waals surface area contributed by atoms with Gasteiger partial charge in [-0.15, -0.1) is 0 Å². The number of carbonyl (C=O) groups is 1. The van der Waals surface area contributed by atoms with Crippen LogP contribution in [-0.4, -0.2) is 19.1 Å². The highest BCUT2D eigenvalue weighted by molar-refractivity contribution is 5.87. The second kappa shape index (κ2) is 5.58. The number of carbonyl (C=O) groups excluding carboxylic acids is 1. The molecule has 1 amide bonds. The Kier molecular flexibility index (Phi) is 3.87. The third-order valence-corrected chi connectivity index (χ3v) is 2.74. The van der Waals surface area contributed by atoms with Crippen LogP contribution in [0.3, 0.4) is 0 Å². The summed E-state index contributed by atoms with van der Waals surface area (Å²) in [7, 11) is 0. The fraction of sp³-hybridized carbons (Fsp3) is 0.357. The van der Waals surface area contributed by atoms with Gasteiger partial charge in [0.1, 0.15) is 13.2 Å². The highest BCUT2D eigenvalue weighted by Gasteiger charge is 2.14. The molecule has 0 fully saturated rings. The monoisotopic (exact) mass is 247 g/mol. The molecule has 0 aromatic heterocycles. The van der Waals surface area contributed by atoms with Crippen molar-refractivity contribution in [2.75, 3.05) is 13.2 Å². The summed E-state index contributed by atoms with van der Waals surface area (Å²) in [5.41, 5.74) is 0.997. The lowest BCUT2D eigenvalue weighted by Gasteiger charge is -2.20. The largest absolute Gasteiger partial charge is 0.486 e. The van der Waals surface area contributed by atoms with Gasteiger partial charge in [-0.25, -0.2) is 0 Å². The van der Waals surface area contributed by atoms with E-state index in [9.17, 15) is 4.79 Å². The minimum Gasteiger partial charge on any atom is -0.486 e. The van der Waals surface area contributed by atoms with Crippen molar-refractivity contribution in [1.82, 2.24) is 5.32 Å². The van der Waals surface area contributed by atoms with Crippen LogP contribution in [0.2, 0.25) is 0 Å². The highest BCUT2D eigenvalue weighted by Crippen LogP contribution is 2.32. The Balaban J connectivity index is 2.10. The zero-order valence-corrected chi connectivity index (χ0v) is 10.6. The summed E-state index contributed by atoms with van der Waals surface area (Å²) in [5, 5.41) is 2.88. The topological polar surface area (TPSA) is 47.6 Å². The van der Waals surface area contributed by atoms with Gasteiger partial charge in [0, 0.05) is 0 Å². The smallest absolute Gasteiger partial charge is 0.244 e. The molecule has 1 aromatic rings. The maximum atomic E-state index is 11.5. The Hall–Kier alpha value is -1.97. The second-order valence-corrected chi connectivity index (χ2v) is 4.13. The number of allylic oxidation sites excluding steroid dienone is 1. The van der Waals surface area contributed by atoms with Crippen LogP contribution in [0.25, 0.3) is 0 Å². The molecule has 0 saturated heterocycles. The summed E-state index contributed by atoms with van der Waals surface area (Å²) in [6, 6.07) is 5.66. The van der Waals surface area contributed by atoms with E-state index >= 15 is 0 Å². The summed E-state index contributed by atoms with van der Waals surface area (Å²) in [6.07, 6.45) is 3.22. The molecule has 0 unspecified atom stereocenters. The van der Waals surface area contributed by atoms with E-state index in [1.807, 2.05) is 32.0 Å². The fourth-order valence-electron chi connectivity index (χ4n) is 1.83. The second-order valence-electron chi connectivity index (χ2n) is 4.13. The van der Waals surface area contributed by atoms with E-state index in [1.54, 1.807) is 6.08 Å². The van der Waals surface area contributed by atoms with E-state index in [1.165, 1.54) is 6.08 Å². The molecule has 0 bridgehead atoms. The van der Waals surface area contributed by atoms with Gasteiger partial charge in [-0.05, 0) is 37.6 Å². The highest BCUT2D eigenvalue weighted by atomic mass is 16.6. The van der Waals surface area contributed by atoms with E-state index in [0.29, 0.717) is 13.2 Å². The first-order valence-corrected chi connectivity index (χ1v) is 6.03.